The zero-order valence-electron chi connectivity index (χ0n) is 9.60. The summed E-state index contributed by atoms with van der Waals surface area (Å²) in [6, 6.07) is 5.80. The van der Waals surface area contributed by atoms with E-state index in [0.29, 0.717) is 6.54 Å². The highest BCUT2D eigenvalue weighted by atomic mass is 16.3. The molecule has 4 N–H and O–H groups in total. The van der Waals surface area contributed by atoms with Crippen molar-refractivity contribution in [1.29, 1.82) is 0 Å². The van der Waals surface area contributed by atoms with E-state index in [9.17, 15) is 0 Å². The maximum absolute atomic E-state index is 8.76. The molecule has 1 aromatic carbocycles. The van der Waals surface area contributed by atoms with Gasteiger partial charge in [0.25, 0.3) is 0 Å². The van der Waals surface area contributed by atoms with Crippen molar-refractivity contribution in [2.24, 2.45) is 5.73 Å². The molecule has 0 saturated carbocycles. The van der Waals surface area contributed by atoms with Crippen molar-refractivity contribution in [1.82, 2.24) is 10.3 Å². The van der Waals surface area contributed by atoms with Crippen LogP contribution in [0.3, 0.4) is 0 Å². The van der Waals surface area contributed by atoms with E-state index in [1.165, 1.54) is 12.0 Å². The SMILES string of the molecule is NC(CO)CNCCc1ccc2ncoc2c1. The summed E-state index contributed by atoms with van der Waals surface area (Å²) in [4.78, 5) is 4.06. The fourth-order valence-electron chi connectivity index (χ4n) is 1.64. The van der Waals surface area contributed by atoms with Gasteiger partial charge in [-0.2, -0.15) is 0 Å². The summed E-state index contributed by atoms with van der Waals surface area (Å²) in [7, 11) is 0. The molecule has 2 rings (SSSR count). The third kappa shape index (κ3) is 3.26. The van der Waals surface area contributed by atoms with Gasteiger partial charge in [0.2, 0.25) is 0 Å². The van der Waals surface area contributed by atoms with E-state index in [4.69, 9.17) is 15.3 Å². The van der Waals surface area contributed by atoms with Crippen LogP contribution in [0, 0.1) is 0 Å². The summed E-state index contributed by atoms with van der Waals surface area (Å²) in [6.45, 7) is 1.46. The fourth-order valence-corrected chi connectivity index (χ4v) is 1.64. The fraction of sp³-hybridized carbons (Fsp3) is 0.417. The molecule has 0 aliphatic carbocycles. The molecule has 17 heavy (non-hydrogen) atoms. The first kappa shape index (κ1) is 12.0. The van der Waals surface area contributed by atoms with E-state index in [2.05, 4.69) is 10.3 Å². The van der Waals surface area contributed by atoms with Gasteiger partial charge in [0.05, 0.1) is 6.61 Å². The molecular formula is C12H17N3O2. The average Bonchev–Trinajstić information content (AvgIpc) is 2.81. The first-order valence-corrected chi connectivity index (χ1v) is 5.69. The molecule has 5 nitrogen and oxygen atoms in total. The van der Waals surface area contributed by atoms with E-state index in [1.807, 2.05) is 18.2 Å². The topological polar surface area (TPSA) is 84.3 Å². The number of aliphatic hydroxyl groups excluding tert-OH is 1. The molecule has 0 fully saturated rings. The van der Waals surface area contributed by atoms with Crippen LogP contribution in [-0.4, -0.2) is 35.8 Å². The minimum Gasteiger partial charge on any atom is -0.443 e. The minimum atomic E-state index is -0.188. The van der Waals surface area contributed by atoms with E-state index in [-0.39, 0.29) is 12.6 Å². The third-order valence-electron chi connectivity index (χ3n) is 2.63. The lowest BCUT2D eigenvalue weighted by Gasteiger charge is -2.09. The van der Waals surface area contributed by atoms with Crippen LogP contribution in [0.4, 0.5) is 0 Å². The lowest BCUT2D eigenvalue weighted by Crippen LogP contribution is -2.37. The molecule has 2 aromatic rings. The quantitative estimate of drug-likeness (QED) is 0.626. The Hall–Kier alpha value is -1.43. The Kier molecular flexibility index (Phi) is 4.08. The Morgan fingerprint density at radius 1 is 1.47 bits per heavy atom. The molecule has 0 bridgehead atoms. The second kappa shape index (κ2) is 5.77. The number of nitrogens with two attached hydrogens (primary N) is 1. The number of nitrogens with one attached hydrogen (secondary N) is 1. The molecule has 1 unspecified atom stereocenters. The van der Waals surface area contributed by atoms with Crippen LogP contribution in [0.15, 0.2) is 29.0 Å². The zero-order valence-corrected chi connectivity index (χ0v) is 9.60. The Balaban J connectivity index is 1.82. The number of oxazole rings is 1. The standard InChI is InChI=1S/C12H17N3O2/c13-10(7-16)6-14-4-3-9-1-2-11-12(5-9)17-8-15-11/h1-2,5,8,10,14,16H,3-4,6-7,13H2. The molecule has 0 radical (unpaired) electrons. The monoisotopic (exact) mass is 235 g/mol. The Morgan fingerprint density at radius 2 is 2.35 bits per heavy atom. The second-order valence-corrected chi connectivity index (χ2v) is 4.05. The maximum atomic E-state index is 8.76. The molecule has 1 atom stereocenters. The summed E-state index contributed by atoms with van der Waals surface area (Å²) in [5.74, 6) is 0. The van der Waals surface area contributed by atoms with Crippen molar-refractivity contribution in [3.05, 3.63) is 30.2 Å². The highest BCUT2D eigenvalue weighted by Crippen LogP contribution is 2.14. The van der Waals surface area contributed by atoms with Crippen LogP contribution in [0.5, 0.6) is 0 Å². The molecule has 92 valence electrons. The third-order valence-corrected chi connectivity index (χ3v) is 2.63. The van der Waals surface area contributed by atoms with Gasteiger partial charge in [-0.3, -0.25) is 0 Å². The Labute approximate surface area is 99.6 Å². The molecule has 5 heteroatoms. The largest absolute Gasteiger partial charge is 0.443 e. The van der Waals surface area contributed by atoms with Crippen molar-refractivity contribution in [3.8, 4) is 0 Å². The van der Waals surface area contributed by atoms with E-state index in [1.54, 1.807) is 0 Å². The van der Waals surface area contributed by atoms with Crippen molar-refractivity contribution >= 4 is 11.1 Å². The number of fused-ring (bicyclic) bond motifs is 1. The molecule has 0 spiro atoms. The van der Waals surface area contributed by atoms with Crippen molar-refractivity contribution in [2.45, 2.75) is 12.5 Å². The maximum Gasteiger partial charge on any atom is 0.181 e. The number of nitrogens with zero attached hydrogens (tertiary/aromatic N) is 1. The van der Waals surface area contributed by atoms with Gasteiger partial charge in [0.15, 0.2) is 12.0 Å². The zero-order chi connectivity index (χ0) is 12.1. The summed E-state index contributed by atoms with van der Waals surface area (Å²) in [6.07, 6.45) is 2.35. The highest BCUT2D eigenvalue weighted by molar-refractivity contribution is 5.72. The van der Waals surface area contributed by atoms with Gasteiger partial charge in [0.1, 0.15) is 5.52 Å². The molecule has 1 heterocycles. The molecule has 1 aromatic heterocycles. The van der Waals surface area contributed by atoms with Crippen LogP contribution >= 0.6 is 0 Å². The first-order valence-electron chi connectivity index (χ1n) is 5.69. The normalized spacial score (nSPS) is 13.1. The summed E-state index contributed by atoms with van der Waals surface area (Å²) in [5, 5.41) is 12.0. The Bertz CT molecular complexity index is 469. The number of aliphatic hydroxyl groups is 1. The van der Waals surface area contributed by atoms with Crippen LogP contribution in [0.25, 0.3) is 11.1 Å². The summed E-state index contributed by atoms with van der Waals surface area (Å²) in [5.41, 5.74) is 8.46. The van der Waals surface area contributed by atoms with Crippen LogP contribution in [-0.2, 0) is 6.42 Å². The van der Waals surface area contributed by atoms with E-state index in [0.717, 1.165) is 24.1 Å². The number of hydrogen-bond donors (Lipinski definition) is 3. The predicted molar refractivity (Wildman–Crippen MR) is 65.6 cm³/mol. The van der Waals surface area contributed by atoms with Crippen LogP contribution < -0.4 is 11.1 Å². The second-order valence-electron chi connectivity index (χ2n) is 4.05. The van der Waals surface area contributed by atoms with Gasteiger partial charge in [-0.1, -0.05) is 6.07 Å². The Morgan fingerprint density at radius 3 is 3.18 bits per heavy atom. The van der Waals surface area contributed by atoms with Crippen molar-refractivity contribution in [2.75, 3.05) is 19.7 Å². The molecule has 0 aliphatic rings. The number of aromatic nitrogens is 1. The molecule has 0 aliphatic heterocycles. The summed E-state index contributed by atoms with van der Waals surface area (Å²) < 4.78 is 5.24. The summed E-state index contributed by atoms with van der Waals surface area (Å²) >= 11 is 0. The average molecular weight is 235 g/mol. The molecule has 0 saturated heterocycles. The van der Waals surface area contributed by atoms with Gasteiger partial charge in [-0.25, -0.2) is 4.98 Å². The van der Waals surface area contributed by atoms with Crippen LogP contribution in [0.1, 0.15) is 5.56 Å². The molecular weight excluding hydrogens is 218 g/mol. The first-order chi connectivity index (χ1) is 8.29. The predicted octanol–water partition coefficient (Wildman–Crippen LogP) is 0.280. The van der Waals surface area contributed by atoms with E-state index >= 15 is 0 Å². The van der Waals surface area contributed by atoms with Crippen molar-refractivity contribution < 1.29 is 9.52 Å². The van der Waals surface area contributed by atoms with Gasteiger partial charge in [-0.15, -0.1) is 0 Å². The lowest BCUT2D eigenvalue weighted by molar-refractivity contribution is 0.262. The number of rotatable bonds is 6. The van der Waals surface area contributed by atoms with E-state index < -0.39 is 0 Å². The van der Waals surface area contributed by atoms with Crippen molar-refractivity contribution in [3.63, 3.8) is 0 Å². The molecule has 0 amide bonds. The number of benzene rings is 1. The minimum absolute atomic E-state index is 0.0109. The van der Waals surface area contributed by atoms with Crippen LogP contribution in [0.2, 0.25) is 0 Å². The smallest absolute Gasteiger partial charge is 0.181 e. The van der Waals surface area contributed by atoms with Gasteiger partial charge in [0, 0.05) is 12.6 Å². The van der Waals surface area contributed by atoms with Gasteiger partial charge >= 0.3 is 0 Å². The lowest BCUT2D eigenvalue weighted by atomic mass is 10.1. The van der Waals surface area contributed by atoms with Gasteiger partial charge in [-0.05, 0) is 30.7 Å². The number of hydrogen-bond acceptors (Lipinski definition) is 5. The van der Waals surface area contributed by atoms with Gasteiger partial charge < -0.3 is 20.6 Å². The highest BCUT2D eigenvalue weighted by Gasteiger charge is 2.01.